The van der Waals surface area contributed by atoms with Crippen LogP contribution in [0.15, 0.2) is 34.6 Å². The van der Waals surface area contributed by atoms with Gasteiger partial charge >= 0.3 is 0 Å². The summed E-state index contributed by atoms with van der Waals surface area (Å²) in [6.07, 6.45) is 4.75. The topological polar surface area (TPSA) is 119 Å². The minimum absolute atomic E-state index is 0.0608. The second kappa shape index (κ2) is 8.08. The van der Waals surface area contributed by atoms with Crippen LogP contribution in [0.2, 0.25) is 0 Å². The molecule has 3 N–H and O–H groups in total. The van der Waals surface area contributed by atoms with Gasteiger partial charge in [-0.15, -0.1) is 10.2 Å². The number of nitrogens with zero attached hydrogens (tertiary/aromatic N) is 5. The number of hydrogen-bond acceptors (Lipinski definition) is 8. The minimum atomic E-state index is -0.405. The van der Waals surface area contributed by atoms with Crippen LogP contribution in [0.1, 0.15) is 18.9 Å². The van der Waals surface area contributed by atoms with E-state index in [1.54, 1.807) is 12.4 Å². The highest BCUT2D eigenvalue weighted by Crippen LogP contribution is 2.22. The molecule has 0 bridgehead atoms. The van der Waals surface area contributed by atoms with Gasteiger partial charge in [-0.3, -0.25) is 14.8 Å². The van der Waals surface area contributed by atoms with E-state index in [9.17, 15) is 4.79 Å². The fraction of sp³-hybridized carbons (Fsp3) is 0.286. The molecule has 0 unspecified atom stereocenters. The molecule has 2 aromatic heterocycles. The maximum absolute atomic E-state index is 12.0. The van der Waals surface area contributed by atoms with E-state index in [4.69, 9.17) is 5.84 Å². The molecule has 0 saturated heterocycles. The average molecular weight is 331 g/mol. The van der Waals surface area contributed by atoms with Crippen LogP contribution in [-0.2, 0) is 11.3 Å². The van der Waals surface area contributed by atoms with E-state index in [-0.39, 0.29) is 18.3 Å². The number of amides is 1. The van der Waals surface area contributed by atoms with Crippen molar-refractivity contribution in [3.8, 4) is 10.6 Å². The van der Waals surface area contributed by atoms with Gasteiger partial charge in [-0.25, -0.2) is 0 Å². The highest BCUT2D eigenvalue weighted by Gasteiger charge is 2.11. The van der Waals surface area contributed by atoms with Crippen molar-refractivity contribution >= 4 is 29.2 Å². The van der Waals surface area contributed by atoms with Crippen molar-refractivity contribution in [2.45, 2.75) is 26.4 Å². The molecule has 0 fully saturated rings. The Morgan fingerprint density at radius 2 is 2.13 bits per heavy atom. The Balaban J connectivity index is 1.96. The van der Waals surface area contributed by atoms with Crippen molar-refractivity contribution in [1.29, 1.82) is 0 Å². The molecule has 2 aromatic rings. The number of rotatable bonds is 6. The second-order valence-electron chi connectivity index (χ2n) is 4.81. The van der Waals surface area contributed by atoms with Crippen molar-refractivity contribution in [3.05, 3.63) is 29.5 Å². The molecule has 23 heavy (non-hydrogen) atoms. The van der Waals surface area contributed by atoms with Gasteiger partial charge in [0, 0.05) is 24.0 Å². The van der Waals surface area contributed by atoms with Crippen LogP contribution in [-0.4, -0.2) is 39.1 Å². The van der Waals surface area contributed by atoms with E-state index in [1.807, 2.05) is 26.0 Å². The monoisotopic (exact) mass is 331 g/mol. The summed E-state index contributed by atoms with van der Waals surface area (Å²) in [6.45, 7) is 4.03. The highest BCUT2D eigenvalue weighted by atomic mass is 32.1. The van der Waals surface area contributed by atoms with Crippen molar-refractivity contribution in [2.24, 2.45) is 15.9 Å². The molecule has 0 saturated carbocycles. The van der Waals surface area contributed by atoms with E-state index in [1.165, 1.54) is 17.6 Å². The summed E-state index contributed by atoms with van der Waals surface area (Å²) in [7, 11) is 0. The zero-order valence-corrected chi connectivity index (χ0v) is 13.6. The van der Waals surface area contributed by atoms with Crippen LogP contribution >= 0.6 is 11.3 Å². The lowest BCUT2D eigenvalue weighted by Crippen LogP contribution is -2.32. The first-order chi connectivity index (χ1) is 11.1. The number of pyridine rings is 1. The number of aliphatic imine (C=N–C) groups is 1. The van der Waals surface area contributed by atoms with Gasteiger partial charge < -0.3 is 11.2 Å². The smallest absolute Gasteiger partial charge is 0.273 e. The number of hydrogen-bond donors (Lipinski definition) is 2. The van der Waals surface area contributed by atoms with Crippen molar-refractivity contribution in [2.75, 3.05) is 0 Å². The second-order valence-corrected chi connectivity index (χ2v) is 5.87. The molecule has 0 spiro atoms. The van der Waals surface area contributed by atoms with E-state index >= 15 is 0 Å². The molecule has 2 rings (SSSR count). The molecular formula is C14H17N7OS. The van der Waals surface area contributed by atoms with E-state index in [0.29, 0.717) is 5.01 Å². The lowest BCUT2D eigenvalue weighted by atomic mass is 10.3. The van der Waals surface area contributed by atoms with Crippen LogP contribution in [0.3, 0.4) is 0 Å². The molecule has 0 atom stereocenters. The predicted molar refractivity (Wildman–Crippen MR) is 90.2 cm³/mol. The molecule has 0 radical (unpaired) electrons. The van der Waals surface area contributed by atoms with Crippen LogP contribution < -0.4 is 11.2 Å². The van der Waals surface area contributed by atoms with Crippen molar-refractivity contribution in [3.63, 3.8) is 0 Å². The molecule has 0 aliphatic rings. The summed E-state index contributed by atoms with van der Waals surface area (Å²) in [5, 5.41) is 15.7. The first-order valence-corrected chi connectivity index (χ1v) is 7.74. The summed E-state index contributed by atoms with van der Waals surface area (Å²) in [5.41, 5.74) is 1.00. The first-order valence-electron chi connectivity index (χ1n) is 6.92. The maximum atomic E-state index is 12.0. The molecule has 2 heterocycles. The zero-order valence-electron chi connectivity index (χ0n) is 12.8. The largest absolute Gasteiger partial charge is 0.344 e. The van der Waals surface area contributed by atoms with E-state index < -0.39 is 5.91 Å². The average Bonchev–Trinajstić information content (AvgIpc) is 3.03. The highest BCUT2D eigenvalue weighted by molar-refractivity contribution is 7.14. The number of hydrazone groups is 1. The molecule has 8 nitrogen and oxygen atoms in total. The third-order valence-corrected chi connectivity index (χ3v) is 3.63. The predicted octanol–water partition coefficient (Wildman–Crippen LogP) is 1.01. The zero-order chi connectivity index (χ0) is 16.7. The van der Waals surface area contributed by atoms with E-state index in [2.05, 4.69) is 30.6 Å². The number of carbonyl (C=O) groups is 1. The Labute approximate surface area is 137 Å². The summed E-state index contributed by atoms with van der Waals surface area (Å²) in [5.74, 6) is 4.81. The lowest BCUT2D eigenvalue weighted by molar-refractivity contribution is -0.114. The molecule has 120 valence electrons. The number of carbonyl (C=O) groups excluding carboxylic acids is 1. The molecule has 0 aromatic carbocycles. The fourth-order valence-electron chi connectivity index (χ4n) is 1.55. The summed E-state index contributed by atoms with van der Waals surface area (Å²) < 4.78 is 0. The van der Waals surface area contributed by atoms with Crippen molar-refractivity contribution in [1.82, 2.24) is 20.5 Å². The molecule has 9 heteroatoms. The Kier molecular flexibility index (Phi) is 5.87. The van der Waals surface area contributed by atoms with Gasteiger partial charge in [0.15, 0.2) is 5.71 Å². The van der Waals surface area contributed by atoms with Crippen LogP contribution in [0.25, 0.3) is 10.6 Å². The summed E-state index contributed by atoms with van der Waals surface area (Å²) >= 11 is 1.40. The standard InChI is InChI=1S/C14H17N7OS/c1-9(2)17-7-11(19-15)13(22)18-8-12-20-21-14(23-12)10-3-5-16-6-4-10/h3-7,9H,8,15H2,1-2H3,(H,18,22)/b17-7?,19-11+. The molecular weight excluding hydrogens is 314 g/mol. The number of aromatic nitrogens is 3. The Hall–Kier alpha value is -2.68. The quantitative estimate of drug-likeness (QED) is 0.465. The van der Waals surface area contributed by atoms with Crippen LogP contribution in [0, 0.1) is 0 Å². The third kappa shape index (κ3) is 4.92. The van der Waals surface area contributed by atoms with Gasteiger partial charge in [0.2, 0.25) is 0 Å². The fourth-order valence-corrected chi connectivity index (χ4v) is 2.34. The molecule has 1 amide bonds. The maximum Gasteiger partial charge on any atom is 0.273 e. The summed E-state index contributed by atoms with van der Waals surface area (Å²) in [6, 6.07) is 3.76. The Morgan fingerprint density at radius 3 is 2.78 bits per heavy atom. The van der Waals surface area contributed by atoms with Gasteiger partial charge in [0.05, 0.1) is 12.8 Å². The lowest BCUT2D eigenvalue weighted by Gasteiger charge is -2.02. The van der Waals surface area contributed by atoms with Gasteiger partial charge in [0.25, 0.3) is 5.91 Å². The molecule has 0 aliphatic carbocycles. The van der Waals surface area contributed by atoms with Gasteiger partial charge in [-0.2, -0.15) is 5.10 Å². The van der Waals surface area contributed by atoms with E-state index in [0.717, 1.165) is 10.6 Å². The Bertz CT molecular complexity index is 709. The summed E-state index contributed by atoms with van der Waals surface area (Å²) in [4.78, 5) is 20.0. The third-order valence-electron chi connectivity index (χ3n) is 2.66. The Morgan fingerprint density at radius 1 is 1.39 bits per heavy atom. The van der Waals surface area contributed by atoms with Gasteiger partial charge in [-0.05, 0) is 26.0 Å². The van der Waals surface area contributed by atoms with Gasteiger partial charge in [0.1, 0.15) is 10.0 Å². The van der Waals surface area contributed by atoms with Gasteiger partial charge in [-0.1, -0.05) is 11.3 Å². The SMILES string of the molecule is CC(C)N=C/C(=N\N)C(=O)NCc1nnc(-c2ccncc2)s1. The first kappa shape index (κ1) is 16.7. The number of nitrogens with two attached hydrogens (primary N) is 1. The van der Waals surface area contributed by atoms with Crippen molar-refractivity contribution < 1.29 is 4.79 Å². The van der Waals surface area contributed by atoms with Crippen LogP contribution in [0.4, 0.5) is 0 Å². The number of nitrogens with one attached hydrogen (secondary N) is 1. The minimum Gasteiger partial charge on any atom is -0.344 e. The van der Waals surface area contributed by atoms with Crippen LogP contribution in [0.5, 0.6) is 0 Å². The normalized spacial score (nSPS) is 12.0. The molecule has 0 aliphatic heterocycles.